The van der Waals surface area contributed by atoms with Crippen molar-refractivity contribution in [2.45, 2.75) is 18.9 Å². The summed E-state index contributed by atoms with van der Waals surface area (Å²) in [7, 11) is 0. The van der Waals surface area contributed by atoms with Gasteiger partial charge in [0.05, 0.1) is 0 Å². The molecule has 0 heterocycles. The summed E-state index contributed by atoms with van der Waals surface area (Å²) in [6.45, 7) is 0. The largest absolute Gasteiger partial charge is 0.508 e. The summed E-state index contributed by atoms with van der Waals surface area (Å²) in [5.74, 6) is -0.767. The lowest BCUT2D eigenvalue weighted by molar-refractivity contribution is -0.137. The van der Waals surface area contributed by atoms with E-state index in [1.807, 2.05) is 30.3 Å². The fourth-order valence-corrected chi connectivity index (χ4v) is 2.10. The first-order valence-corrected chi connectivity index (χ1v) is 5.77. The highest BCUT2D eigenvalue weighted by atomic mass is 16.4. The summed E-state index contributed by atoms with van der Waals surface area (Å²) in [5, 5.41) is 20.4. The molecule has 0 aliphatic carbocycles. The van der Waals surface area contributed by atoms with Crippen molar-refractivity contribution in [3.05, 3.63) is 42.0 Å². The number of nitrogens with two attached hydrogens (primary N) is 1. The van der Waals surface area contributed by atoms with Crippen LogP contribution in [0.15, 0.2) is 36.4 Å². The molecular weight excluding hydrogens is 230 g/mol. The Morgan fingerprint density at radius 3 is 2.67 bits per heavy atom. The topological polar surface area (TPSA) is 83.6 Å². The smallest absolute Gasteiger partial charge is 0.303 e. The van der Waals surface area contributed by atoms with E-state index in [4.69, 9.17) is 10.8 Å². The second kappa shape index (κ2) is 5.06. The number of phenolic OH excluding ortho intramolecular Hbond substituents is 1. The van der Waals surface area contributed by atoms with E-state index in [0.717, 1.165) is 10.8 Å². The Labute approximate surface area is 105 Å². The van der Waals surface area contributed by atoms with Crippen molar-refractivity contribution in [1.29, 1.82) is 0 Å². The van der Waals surface area contributed by atoms with Gasteiger partial charge in [0.2, 0.25) is 0 Å². The van der Waals surface area contributed by atoms with E-state index >= 15 is 0 Å². The monoisotopic (exact) mass is 245 g/mol. The Balaban J connectivity index is 2.42. The van der Waals surface area contributed by atoms with Gasteiger partial charge in [0, 0.05) is 18.0 Å². The number of carbonyl (C=O) groups is 1. The summed E-state index contributed by atoms with van der Waals surface area (Å²) in [6, 6.07) is 10.5. The zero-order chi connectivity index (χ0) is 13.1. The molecule has 0 saturated carbocycles. The first-order valence-electron chi connectivity index (χ1n) is 5.77. The molecule has 0 aliphatic heterocycles. The van der Waals surface area contributed by atoms with Crippen LogP contribution in [0.25, 0.3) is 10.8 Å². The Morgan fingerprint density at radius 2 is 1.94 bits per heavy atom. The summed E-state index contributed by atoms with van der Waals surface area (Å²) in [5.41, 5.74) is 6.61. The van der Waals surface area contributed by atoms with Crippen LogP contribution in [0.5, 0.6) is 5.75 Å². The van der Waals surface area contributed by atoms with Gasteiger partial charge < -0.3 is 15.9 Å². The van der Waals surface area contributed by atoms with Crippen molar-refractivity contribution in [2.75, 3.05) is 0 Å². The highest BCUT2D eigenvalue weighted by molar-refractivity contribution is 5.88. The summed E-state index contributed by atoms with van der Waals surface area (Å²) < 4.78 is 0. The highest BCUT2D eigenvalue weighted by Crippen LogP contribution is 2.33. The highest BCUT2D eigenvalue weighted by Gasteiger charge is 2.15. The zero-order valence-corrected chi connectivity index (χ0v) is 9.84. The number of phenols is 1. The van der Waals surface area contributed by atoms with Crippen LogP contribution in [0.4, 0.5) is 0 Å². The fraction of sp³-hybridized carbons (Fsp3) is 0.214. The number of aromatic hydroxyl groups is 1. The van der Waals surface area contributed by atoms with E-state index in [2.05, 4.69) is 0 Å². The molecule has 0 aliphatic rings. The number of carboxylic acid groups (broad SMARTS) is 1. The Hall–Kier alpha value is -2.07. The zero-order valence-electron chi connectivity index (χ0n) is 9.84. The van der Waals surface area contributed by atoms with Gasteiger partial charge in [-0.25, -0.2) is 0 Å². The number of hydrogen-bond acceptors (Lipinski definition) is 3. The molecule has 0 fully saturated rings. The molecule has 1 atom stereocenters. The predicted molar refractivity (Wildman–Crippen MR) is 69.4 cm³/mol. The van der Waals surface area contributed by atoms with E-state index in [1.54, 1.807) is 6.07 Å². The number of hydrogen-bond donors (Lipinski definition) is 3. The van der Waals surface area contributed by atoms with Gasteiger partial charge in [-0.1, -0.05) is 30.3 Å². The van der Waals surface area contributed by atoms with Crippen LogP contribution in [0.1, 0.15) is 24.4 Å². The fourth-order valence-electron chi connectivity index (χ4n) is 2.10. The van der Waals surface area contributed by atoms with Crippen LogP contribution in [-0.4, -0.2) is 16.2 Å². The average molecular weight is 245 g/mol. The predicted octanol–water partition coefficient (Wildman–Crippen LogP) is 2.41. The quantitative estimate of drug-likeness (QED) is 0.772. The molecule has 4 N–H and O–H groups in total. The average Bonchev–Trinajstić information content (AvgIpc) is 2.36. The normalized spacial score (nSPS) is 12.5. The molecule has 0 bridgehead atoms. The van der Waals surface area contributed by atoms with Gasteiger partial charge in [-0.15, -0.1) is 0 Å². The van der Waals surface area contributed by atoms with Crippen molar-refractivity contribution in [3.63, 3.8) is 0 Å². The van der Waals surface area contributed by atoms with Crippen molar-refractivity contribution in [3.8, 4) is 5.75 Å². The van der Waals surface area contributed by atoms with E-state index in [1.165, 1.54) is 0 Å². The lowest BCUT2D eigenvalue weighted by Gasteiger charge is -2.15. The Bertz CT molecular complexity index is 580. The maximum atomic E-state index is 10.6. The van der Waals surface area contributed by atoms with Crippen molar-refractivity contribution in [2.24, 2.45) is 5.73 Å². The van der Waals surface area contributed by atoms with Crippen LogP contribution in [0, 0.1) is 0 Å². The molecular formula is C14H15NO3. The van der Waals surface area contributed by atoms with Crippen LogP contribution in [0.2, 0.25) is 0 Å². The first kappa shape index (κ1) is 12.4. The van der Waals surface area contributed by atoms with Crippen LogP contribution in [-0.2, 0) is 4.79 Å². The number of rotatable bonds is 4. The van der Waals surface area contributed by atoms with Gasteiger partial charge in [0.25, 0.3) is 0 Å². The maximum Gasteiger partial charge on any atom is 0.303 e. The third-order valence-electron chi connectivity index (χ3n) is 2.99. The molecule has 18 heavy (non-hydrogen) atoms. The van der Waals surface area contributed by atoms with E-state index < -0.39 is 12.0 Å². The van der Waals surface area contributed by atoms with Gasteiger partial charge in [-0.05, 0) is 23.3 Å². The standard InChI is InChI=1S/C14H15NO3/c15-11(6-8-13(17)18)14-10-4-2-1-3-9(10)5-7-12(14)16/h1-5,7,11,16H,6,8,15H2,(H,17,18). The summed E-state index contributed by atoms with van der Waals surface area (Å²) in [4.78, 5) is 10.6. The van der Waals surface area contributed by atoms with Gasteiger partial charge in [0.1, 0.15) is 5.75 Å². The third-order valence-corrected chi connectivity index (χ3v) is 2.99. The van der Waals surface area contributed by atoms with Gasteiger partial charge in [0.15, 0.2) is 0 Å². The molecule has 0 amide bonds. The van der Waals surface area contributed by atoms with Crippen molar-refractivity contribution < 1.29 is 15.0 Å². The first-order chi connectivity index (χ1) is 8.59. The van der Waals surface area contributed by atoms with Crippen molar-refractivity contribution >= 4 is 16.7 Å². The molecule has 0 radical (unpaired) electrons. The number of carboxylic acids is 1. The summed E-state index contributed by atoms with van der Waals surface area (Å²) >= 11 is 0. The molecule has 2 aromatic rings. The van der Waals surface area contributed by atoms with E-state index in [9.17, 15) is 9.90 Å². The molecule has 4 nitrogen and oxygen atoms in total. The molecule has 0 spiro atoms. The molecule has 4 heteroatoms. The SMILES string of the molecule is NC(CCC(=O)O)c1c(O)ccc2ccccc12. The number of aliphatic carboxylic acids is 1. The molecule has 0 saturated heterocycles. The minimum atomic E-state index is -0.884. The summed E-state index contributed by atoms with van der Waals surface area (Å²) in [6.07, 6.45) is 0.292. The Morgan fingerprint density at radius 1 is 1.22 bits per heavy atom. The van der Waals surface area contributed by atoms with Gasteiger partial charge in [-0.2, -0.15) is 0 Å². The van der Waals surface area contributed by atoms with Crippen LogP contribution >= 0.6 is 0 Å². The van der Waals surface area contributed by atoms with Crippen LogP contribution in [0.3, 0.4) is 0 Å². The lowest BCUT2D eigenvalue weighted by atomic mass is 9.95. The Kier molecular flexibility index (Phi) is 3.48. The lowest BCUT2D eigenvalue weighted by Crippen LogP contribution is -2.13. The minimum Gasteiger partial charge on any atom is -0.508 e. The van der Waals surface area contributed by atoms with Crippen LogP contribution < -0.4 is 5.73 Å². The molecule has 2 rings (SSSR count). The van der Waals surface area contributed by atoms with Gasteiger partial charge >= 0.3 is 5.97 Å². The molecule has 94 valence electrons. The molecule has 2 aromatic carbocycles. The second-order valence-corrected chi connectivity index (χ2v) is 4.26. The number of benzene rings is 2. The number of fused-ring (bicyclic) bond motifs is 1. The van der Waals surface area contributed by atoms with E-state index in [0.29, 0.717) is 12.0 Å². The van der Waals surface area contributed by atoms with Crippen molar-refractivity contribution in [1.82, 2.24) is 0 Å². The maximum absolute atomic E-state index is 10.6. The minimum absolute atomic E-state index is 0.0101. The second-order valence-electron chi connectivity index (χ2n) is 4.26. The molecule has 0 aromatic heterocycles. The van der Waals surface area contributed by atoms with Gasteiger partial charge in [-0.3, -0.25) is 4.79 Å². The van der Waals surface area contributed by atoms with E-state index in [-0.39, 0.29) is 12.2 Å². The molecule has 1 unspecified atom stereocenters. The third kappa shape index (κ3) is 2.43.